The summed E-state index contributed by atoms with van der Waals surface area (Å²) in [4.78, 5) is 15.9. The van der Waals surface area contributed by atoms with Crippen LogP contribution in [0.2, 0.25) is 5.02 Å². The number of benzene rings is 1. The van der Waals surface area contributed by atoms with E-state index in [0.717, 1.165) is 16.9 Å². The van der Waals surface area contributed by atoms with Gasteiger partial charge in [0.25, 0.3) is 0 Å². The highest BCUT2D eigenvalue weighted by atomic mass is 35.5. The van der Waals surface area contributed by atoms with E-state index in [-0.39, 0.29) is 0 Å². The number of ether oxygens (including phenoxy) is 1. The normalized spacial score (nSPS) is 11.3. The molecule has 2 aromatic rings. The topological polar surface area (TPSA) is 56.2 Å². The van der Waals surface area contributed by atoms with E-state index in [0.29, 0.717) is 18.0 Å². The Balaban J connectivity index is 2.01. The molecule has 1 amide bonds. The molecule has 0 aliphatic carbocycles. The van der Waals surface area contributed by atoms with Crippen LogP contribution in [0.3, 0.4) is 0 Å². The van der Waals surface area contributed by atoms with E-state index < -0.39 is 11.7 Å². The highest BCUT2D eigenvalue weighted by molar-refractivity contribution is 6.30. The summed E-state index contributed by atoms with van der Waals surface area (Å²) in [5.41, 5.74) is 2.61. The fraction of sp³-hybridized carbons (Fsp3) is 0.412. The Morgan fingerprint density at radius 1 is 1.39 bits per heavy atom. The van der Waals surface area contributed by atoms with Crippen molar-refractivity contribution in [1.29, 1.82) is 0 Å². The number of alkyl carbamates (subject to hydrolysis) is 1. The van der Waals surface area contributed by atoms with Gasteiger partial charge in [0.2, 0.25) is 0 Å². The van der Waals surface area contributed by atoms with Crippen LogP contribution in [0.15, 0.2) is 30.7 Å². The molecule has 0 unspecified atom stereocenters. The summed E-state index contributed by atoms with van der Waals surface area (Å²) in [7, 11) is 0. The molecule has 23 heavy (non-hydrogen) atoms. The SMILES string of the molecule is Cc1cc(Cl)ccc1-n1cncc1CCNC(=O)OC(C)(C)C. The van der Waals surface area contributed by atoms with Crippen LogP contribution >= 0.6 is 11.6 Å². The van der Waals surface area contributed by atoms with Gasteiger partial charge in [0, 0.05) is 35.6 Å². The van der Waals surface area contributed by atoms with Crippen molar-refractivity contribution in [3.63, 3.8) is 0 Å². The van der Waals surface area contributed by atoms with E-state index in [2.05, 4.69) is 10.3 Å². The number of hydrogen-bond donors (Lipinski definition) is 1. The summed E-state index contributed by atoms with van der Waals surface area (Å²) in [6, 6.07) is 5.73. The number of nitrogens with zero attached hydrogens (tertiary/aromatic N) is 2. The molecule has 0 bridgehead atoms. The maximum absolute atomic E-state index is 11.7. The molecule has 1 aromatic carbocycles. The van der Waals surface area contributed by atoms with E-state index in [9.17, 15) is 4.79 Å². The molecule has 0 aliphatic rings. The zero-order chi connectivity index (χ0) is 17.0. The number of aryl methyl sites for hydroxylation is 1. The Bertz CT molecular complexity index is 689. The second kappa shape index (κ2) is 7.04. The minimum atomic E-state index is -0.494. The minimum Gasteiger partial charge on any atom is -0.444 e. The lowest BCUT2D eigenvalue weighted by molar-refractivity contribution is 0.0528. The quantitative estimate of drug-likeness (QED) is 0.921. The third-order valence-corrected chi connectivity index (χ3v) is 3.42. The van der Waals surface area contributed by atoms with Crippen LogP contribution in [-0.4, -0.2) is 27.8 Å². The molecule has 6 heteroatoms. The molecule has 1 aromatic heterocycles. The Hall–Kier alpha value is -2.01. The zero-order valence-corrected chi connectivity index (χ0v) is 14.6. The molecule has 124 valence electrons. The van der Waals surface area contributed by atoms with Crippen molar-refractivity contribution in [2.24, 2.45) is 0 Å². The molecular weight excluding hydrogens is 314 g/mol. The molecule has 0 saturated heterocycles. The van der Waals surface area contributed by atoms with Crippen molar-refractivity contribution >= 4 is 17.7 Å². The van der Waals surface area contributed by atoms with Gasteiger partial charge >= 0.3 is 6.09 Å². The van der Waals surface area contributed by atoms with Gasteiger partial charge in [0.1, 0.15) is 5.60 Å². The zero-order valence-electron chi connectivity index (χ0n) is 13.9. The Labute approximate surface area is 141 Å². The minimum absolute atomic E-state index is 0.411. The Morgan fingerprint density at radius 3 is 2.78 bits per heavy atom. The van der Waals surface area contributed by atoms with Crippen LogP contribution in [0.4, 0.5) is 4.79 Å². The summed E-state index contributed by atoms with van der Waals surface area (Å²) in [5.74, 6) is 0. The number of amides is 1. The average molecular weight is 336 g/mol. The van der Waals surface area contributed by atoms with Gasteiger partial charge in [-0.3, -0.25) is 0 Å². The maximum Gasteiger partial charge on any atom is 0.407 e. The number of nitrogens with one attached hydrogen (secondary N) is 1. The highest BCUT2D eigenvalue weighted by Crippen LogP contribution is 2.20. The molecule has 0 aliphatic heterocycles. The number of hydrogen-bond acceptors (Lipinski definition) is 3. The Morgan fingerprint density at radius 2 is 2.13 bits per heavy atom. The number of halogens is 1. The molecule has 0 saturated carbocycles. The van der Waals surface area contributed by atoms with Crippen molar-refractivity contribution in [1.82, 2.24) is 14.9 Å². The fourth-order valence-corrected chi connectivity index (χ4v) is 2.45. The third-order valence-electron chi connectivity index (χ3n) is 3.18. The van der Waals surface area contributed by atoms with E-state index in [4.69, 9.17) is 16.3 Å². The van der Waals surface area contributed by atoms with Crippen molar-refractivity contribution < 1.29 is 9.53 Å². The van der Waals surface area contributed by atoms with Crippen LogP contribution in [0.5, 0.6) is 0 Å². The number of carbonyl (C=O) groups is 1. The first-order valence-electron chi connectivity index (χ1n) is 7.51. The van der Waals surface area contributed by atoms with Crippen molar-refractivity contribution in [2.75, 3.05) is 6.54 Å². The molecule has 0 spiro atoms. The first-order valence-corrected chi connectivity index (χ1v) is 7.88. The van der Waals surface area contributed by atoms with E-state index in [1.165, 1.54) is 0 Å². The average Bonchev–Trinajstić information content (AvgIpc) is 2.85. The Kier molecular flexibility index (Phi) is 5.31. The van der Waals surface area contributed by atoms with Gasteiger partial charge in [-0.1, -0.05) is 11.6 Å². The predicted molar refractivity (Wildman–Crippen MR) is 91.3 cm³/mol. The lowest BCUT2D eigenvalue weighted by Crippen LogP contribution is -2.33. The number of carbonyl (C=O) groups excluding carboxylic acids is 1. The highest BCUT2D eigenvalue weighted by Gasteiger charge is 2.16. The van der Waals surface area contributed by atoms with E-state index >= 15 is 0 Å². The second-order valence-electron chi connectivity index (χ2n) is 6.36. The van der Waals surface area contributed by atoms with Crippen LogP contribution in [-0.2, 0) is 11.2 Å². The van der Waals surface area contributed by atoms with Gasteiger partial charge in [-0.15, -0.1) is 0 Å². The molecular formula is C17H22ClN3O2. The van der Waals surface area contributed by atoms with Gasteiger partial charge in [-0.2, -0.15) is 0 Å². The fourth-order valence-electron chi connectivity index (χ4n) is 2.22. The van der Waals surface area contributed by atoms with Crippen LogP contribution < -0.4 is 5.32 Å². The van der Waals surface area contributed by atoms with Crippen LogP contribution in [0.25, 0.3) is 5.69 Å². The van der Waals surface area contributed by atoms with Gasteiger partial charge in [-0.25, -0.2) is 9.78 Å². The molecule has 1 N–H and O–H groups in total. The van der Waals surface area contributed by atoms with Crippen molar-refractivity contribution in [3.05, 3.63) is 47.0 Å². The van der Waals surface area contributed by atoms with Crippen molar-refractivity contribution in [2.45, 2.75) is 39.7 Å². The smallest absolute Gasteiger partial charge is 0.407 e. The summed E-state index contributed by atoms with van der Waals surface area (Å²) in [5, 5.41) is 3.46. The van der Waals surface area contributed by atoms with Crippen LogP contribution in [0, 0.1) is 6.92 Å². The first kappa shape index (κ1) is 17.3. The molecule has 5 nitrogen and oxygen atoms in total. The third kappa shape index (κ3) is 4.99. The molecule has 2 rings (SSSR count). The van der Waals surface area contributed by atoms with E-state index in [1.807, 2.05) is 50.5 Å². The first-order chi connectivity index (χ1) is 10.8. The lowest BCUT2D eigenvalue weighted by Gasteiger charge is -2.19. The number of aromatic nitrogens is 2. The summed E-state index contributed by atoms with van der Waals surface area (Å²) in [6.07, 6.45) is 3.80. The summed E-state index contributed by atoms with van der Waals surface area (Å²) in [6.45, 7) is 8.00. The predicted octanol–water partition coefficient (Wildman–Crippen LogP) is 3.90. The summed E-state index contributed by atoms with van der Waals surface area (Å²) < 4.78 is 7.22. The maximum atomic E-state index is 11.7. The van der Waals surface area contributed by atoms with Gasteiger partial charge < -0.3 is 14.6 Å². The lowest BCUT2D eigenvalue weighted by atomic mass is 10.2. The standard InChI is InChI=1S/C17H22ClN3O2/c1-12-9-13(18)5-6-15(12)21-11-19-10-14(21)7-8-20-16(22)23-17(2,3)4/h5-6,9-11H,7-8H2,1-4H3,(H,20,22). The second-order valence-corrected chi connectivity index (χ2v) is 6.80. The summed E-state index contributed by atoms with van der Waals surface area (Å²) >= 11 is 6.00. The largest absolute Gasteiger partial charge is 0.444 e. The molecule has 0 radical (unpaired) electrons. The van der Waals surface area contributed by atoms with Gasteiger partial charge in [-0.05, 0) is 51.5 Å². The number of imidazole rings is 1. The van der Waals surface area contributed by atoms with Gasteiger partial charge in [0.05, 0.1) is 6.33 Å². The monoisotopic (exact) mass is 335 g/mol. The molecule has 1 heterocycles. The number of rotatable bonds is 4. The van der Waals surface area contributed by atoms with Gasteiger partial charge in [0.15, 0.2) is 0 Å². The molecule has 0 atom stereocenters. The van der Waals surface area contributed by atoms with Crippen molar-refractivity contribution in [3.8, 4) is 5.69 Å². The van der Waals surface area contributed by atoms with E-state index in [1.54, 1.807) is 12.5 Å². The van der Waals surface area contributed by atoms with Crippen LogP contribution in [0.1, 0.15) is 32.0 Å². The molecule has 0 fully saturated rings.